The molecule has 4 heteroatoms. The van der Waals surface area contributed by atoms with Crippen LogP contribution >= 0.6 is 0 Å². The molecule has 1 saturated heterocycles. The average molecular weight is 276 g/mol. The summed E-state index contributed by atoms with van der Waals surface area (Å²) < 4.78 is 2.18. The van der Waals surface area contributed by atoms with Crippen LogP contribution in [0, 0.1) is 0 Å². The van der Waals surface area contributed by atoms with Crippen molar-refractivity contribution in [3.05, 3.63) is 18.0 Å². The molecule has 0 bridgehead atoms. The molecule has 2 heterocycles. The molecule has 0 aromatic carbocycles. The number of rotatable bonds is 7. The summed E-state index contributed by atoms with van der Waals surface area (Å²) in [4.78, 5) is 2.69. The van der Waals surface area contributed by atoms with Crippen molar-refractivity contribution in [1.29, 1.82) is 0 Å². The number of hydrogen-bond acceptors (Lipinski definition) is 3. The molecule has 112 valence electrons. The van der Waals surface area contributed by atoms with Crippen molar-refractivity contribution in [1.82, 2.24) is 20.0 Å². The van der Waals surface area contributed by atoms with Gasteiger partial charge in [0.25, 0.3) is 0 Å². The van der Waals surface area contributed by atoms with Crippen LogP contribution in [0.3, 0.4) is 0 Å². The Morgan fingerprint density at radius 1 is 1.35 bits per heavy atom. The van der Waals surface area contributed by atoms with Gasteiger partial charge >= 0.3 is 0 Å². The average Bonchev–Trinajstić information content (AvgIpc) is 3.23. The van der Waals surface area contributed by atoms with Gasteiger partial charge in [-0.25, -0.2) is 0 Å². The maximum absolute atomic E-state index is 4.46. The molecule has 1 aromatic heterocycles. The first kappa shape index (κ1) is 14.1. The van der Waals surface area contributed by atoms with Crippen molar-refractivity contribution in [2.24, 2.45) is 0 Å². The quantitative estimate of drug-likeness (QED) is 0.830. The van der Waals surface area contributed by atoms with Crippen LogP contribution in [0.15, 0.2) is 12.3 Å². The zero-order chi connectivity index (χ0) is 13.8. The Morgan fingerprint density at radius 2 is 2.25 bits per heavy atom. The lowest BCUT2D eigenvalue weighted by atomic mass is 10.0. The van der Waals surface area contributed by atoms with E-state index in [1.165, 1.54) is 50.9 Å². The van der Waals surface area contributed by atoms with Crippen molar-refractivity contribution in [2.45, 2.75) is 70.6 Å². The molecule has 3 rings (SSSR count). The van der Waals surface area contributed by atoms with Crippen LogP contribution in [0.5, 0.6) is 0 Å². The largest absolute Gasteiger partial charge is 0.313 e. The van der Waals surface area contributed by atoms with Gasteiger partial charge in [0.05, 0.1) is 5.69 Å². The van der Waals surface area contributed by atoms with Crippen molar-refractivity contribution < 1.29 is 0 Å². The predicted octanol–water partition coefficient (Wildman–Crippen LogP) is 2.40. The van der Waals surface area contributed by atoms with Gasteiger partial charge in [-0.3, -0.25) is 9.58 Å². The third-order valence-electron chi connectivity index (χ3n) is 4.54. The fraction of sp³-hybridized carbons (Fsp3) is 0.812. The molecular weight excluding hydrogens is 248 g/mol. The van der Waals surface area contributed by atoms with Crippen LogP contribution in [-0.4, -0.2) is 39.9 Å². The van der Waals surface area contributed by atoms with Gasteiger partial charge in [-0.05, 0) is 44.7 Å². The summed E-state index contributed by atoms with van der Waals surface area (Å²) in [5.41, 5.74) is 1.38. The highest BCUT2D eigenvalue weighted by Crippen LogP contribution is 2.29. The zero-order valence-electron chi connectivity index (χ0n) is 12.7. The van der Waals surface area contributed by atoms with Crippen LogP contribution in [0.25, 0.3) is 0 Å². The van der Waals surface area contributed by atoms with Gasteiger partial charge in [-0.1, -0.05) is 13.3 Å². The van der Waals surface area contributed by atoms with E-state index in [2.05, 4.69) is 33.0 Å². The number of piperidine rings is 1. The van der Waals surface area contributed by atoms with Gasteiger partial charge in [0, 0.05) is 37.9 Å². The van der Waals surface area contributed by atoms with Gasteiger partial charge in [-0.2, -0.15) is 5.10 Å². The summed E-state index contributed by atoms with van der Waals surface area (Å²) in [7, 11) is 0. The monoisotopic (exact) mass is 276 g/mol. The molecular formula is C16H28N4. The van der Waals surface area contributed by atoms with Gasteiger partial charge in [0.2, 0.25) is 0 Å². The summed E-state index contributed by atoms with van der Waals surface area (Å²) >= 11 is 0. The van der Waals surface area contributed by atoms with E-state index >= 15 is 0 Å². The molecule has 1 saturated carbocycles. The predicted molar refractivity (Wildman–Crippen MR) is 81.6 cm³/mol. The molecule has 4 nitrogen and oxygen atoms in total. The van der Waals surface area contributed by atoms with Gasteiger partial charge in [-0.15, -0.1) is 0 Å². The molecule has 1 aliphatic carbocycles. The maximum atomic E-state index is 4.46. The maximum Gasteiger partial charge on any atom is 0.0524 e. The van der Waals surface area contributed by atoms with E-state index < -0.39 is 0 Å². The van der Waals surface area contributed by atoms with E-state index in [1.54, 1.807) is 0 Å². The van der Waals surface area contributed by atoms with Crippen molar-refractivity contribution >= 4 is 0 Å². The van der Waals surface area contributed by atoms with Crippen LogP contribution < -0.4 is 5.32 Å². The summed E-state index contributed by atoms with van der Waals surface area (Å²) in [5, 5.41) is 8.15. The topological polar surface area (TPSA) is 33.1 Å². The Hall–Kier alpha value is -0.870. The summed E-state index contributed by atoms with van der Waals surface area (Å²) in [5.74, 6) is 0. The van der Waals surface area contributed by atoms with Crippen LogP contribution in [0.2, 0.25) is 0 Å². The first-order valence-corrected chi connectivity index (χ1v) is 8.35. The summed E-state index contributed by atoms with van der Waals surface area (Å²) in [6.45, 7) is 6.75. The lowest BCUT2D eigenvalue weighted by Crippen LogP contribution is -2.44. The van der Waals surface area contributed by atoms with Crippen molar-refractivity contribution in [3.8, 4) is 0 Å². The molecule has 0 radical (unpaired) electrons. The molecule has 0 spiro atoms. The number of aromatic nitrogens is 2. The van der Waals surface area contributed by atoms with Crippen LogP contribution in [-0.2, 0) is 13.1 Å². The third kappa shape index (κ3) is 3.61. The molecule has 0 amide bonds. The fourth-order valence-corrected chi connectivity index (χ4v) is 3.26. The van der Waals surface area contributed by atoms with E-state index in [4.69, 9.17) is 0 Å². The van der Waals surface area contributed by atoms with Gasteiger partial charge in [0.1, 0.15) is 0 Å². The number of hydrogen-bond donors (Lipinski definition) is 1. The molecule has 1 atom stereocenters. The molecule has 1 unspecified atom stereocenters. The van der Waals surface area contributed by atoms with Gasteiger partial charge in [0.15, 0.2) is 0 Å². The molecule has 1 N–H and O–H groups in total. The SMILES string of the molecule is CCCn1nccc1CN(CC1CCCCN1)C1CC1. The highest BCUT2D eigenvalue weighted by Gasteiger charge is 2.31. The van der Waals surface area contributed by atoms with Crippen molar-refractivity contribution in [2.75, 3.05) is 13.1 Å². The van der Waals surface area contributed by atoms with E-state index in [9.17, 15) is 0 Å². The Balaban J connectivity index is 1.60. The lowest BCUT2D eigenvalue weighted by Gasteiger charge is -2.30. The molecule has 20 heavy (non-hydrogen) atoms. The Kier molecular flexibility index (Phi) is 4.73. The van der Waals surface area contributed by atoms with Gasteiger partial charge < -0.3 is 5.32 Å². The Labute approximate surface area is 122 Å². The zero-order valence-corrected chi connectivity index (χ0v) is 12.7. The first-order valence-electron chi connectivity index (χ1n) is 8.35. The standard InChI is InChI=1S/C16H28N4/c1-2-11-20-16(8-10-18-20)13-19(15-6-7-15)12-14-5-3-4-9-17-14/h8,10,14-15,17H,2-7,9,11-13H2,1H3. The second-order valence-corrected chi connectivity index (χ2v) is 6.35. The van der Waals surface area contributed by atoms with Crippen LogP contribution in [0.1, 0.15) is 51.1 Å². The Morgan fingerprint density at radius 3 is 2.95 bits per heavy atom. The van der Waals surface area contributed by atoms with E-state index in [1.807, 2.05) is 6.20 Å². The normalized spacial score (nSPS) is 23.4. The van der Waals surface area contributed by atoms with E-state index in [-0.39, 0.29) is 0 Å². The summed E-state index contributed by atoms with van der Waals surface area (Å²) in [6.07, 6.45) is 9.96. The van der Waals surface area contributed by atoms with E-state index in [0.29, 0.717) is 6.04 Å². The minimum absolute atomic E-state index is 0.701. The molecule has 2 aliphatic rings. The molecule has 1 aromatic rings. The van der Waals surface area contributed by atoms with Crippen LogP contribution in [0.4, 0.5) is 0 Å². The minimum atomic E-state index is 0.701. The molecule has 1 aliphatic heterocycles. The number of nitrogens with zero attached hydrogens (tertiary/aromatic N) is 3. The lowest BCUT2D eigenvalue weighted by molar-refractivity contribution is 0.203. The van der Waals surface area contributed by atoms with Crippen molar-refractivity contribution in [3.63, 3.8) is 0 Å². The van der Waals surface area contributed by atoms with E-state index in [0.717, 1.165) is 25.6 Å². The highest BCUT2D eigenvalue weighted by molar-refractivity contribution is 5.02. The molecule has 2 fully saturated rings. The summed E-state index contributed by atoms with van der Waals surface area (Å²) in [6, 6.07) is 3.72. The second kappa shape index (κ2) is 6.72. The minimum Gasteiger partial charge on any atom is -0.313 e. The number of aryl methyl sites for hydroxylation is 1. The number of nitrogens with one attached hydrogen (secondary N) is 1. The second-order valence-electron chi connectivity index (χ2n) is 6.35. The first-order chi connectivity index (χ1) is 9.86. The fourth-order valence-electron chi connectivity index (χ4n) is 3.26. The Bertz CT molecular complexity index is 404. The highest BCUT2D eigenvalue weighted by atomic mass is 15.3. The smallest absolute Gasteiger partial charge is 0.0524 e. The third-order valence-corrected chi connectivity index (χ3v) is 4.54.